The minimum atomic E-state index is -0.893. The maximum atomic E-state index is 13.5. The van der Waals surface area contributed by atoms with Gasteiger partial charge in [0, 0.05) is 12.6 Å². The van der Waals surface area contributed by atoms with E-state index in [9.17, 15) is 4.39 Å². The molecular formula is C16H20FN. The van der Waals surface area contributed by atoms with E-state index < -0.39 is 5.67 Å². The molecule has 1 fully saturated rings. The lowest BCUT2D eigenvalue weighted by molar-refractivity contribution is 0.286. The Balaban J connectivity index is 1.57. The van der Waals surface area contributed by atoms with Crippen molar-refractivity contribution in [3.8, 4) is 0 Å². The van der Waals surface area contributed by atoms with Gasteiger partial charge in [0.25, 0.3) is 0 Å². The van der Waals surface area contributed by atoms with E-state index >= 15 is 0 Å². The van der Waals surface area contributed by atoms with E-state index in [1.165, 1.54) is 16.7 Å². The van der Waals surface area contributed by atoms with Gasteiger partial charge in [0.1, 0.15) is 5.67 Å². The molecule has 2 aliphatic rings. The maximum Gasteiger partial charge on any atom is 0.123 e. The zero-order valence-electron chi connectivity index (χ0n) is 10.9. The molecule has 2 aliphatic carbocycles. The highest BCUT2D eigenvalue weighted by Gasteiger charge is 2.42. The van der Waals surface area contributed by atoms with Crippen LogP contribution in [-0.4, -0.2) is 18.3 Å². The average Bonchev–Trinajstić information content (AvgIpc) is 2.98. The fourth-order valence-electron chi connectivity index (χ4n) is 2.62. The van der Waals surface area contributed by atoms with Crippen molar-refractivity contribution in [2.24, 2.45) is 0 Å². The smallest absolute Gasteiger partial charge is 0.123 e. The molecule has 0 aliphatic heterocycles. The van der Waals surface area contributed by atoms with Gasteiger partial charge in [-0.05, 0) is 49.3 Å². The van der Waals surface area contributed by atoms with E-state index in [1.807, 2.05) is 0 Å². The number of rotatable bonds is 5. The van der Waals surface area contributed by atoms with Crippen molar-refractivity contribution in [1.82, 2.24) is 5.32 Å². The zero-order chi connectivity index (χ0) is 12.6. The predicted molar refractivity (Wildman–Crippen MR) is 73.3 cm³/mol. The van der Waals surface area contributed by atoms with E-state index in [-0.39, 0.29) is 0 Å². The summed E-state index contributed by atoms with van der Waals surface area (Å²) in [6, 6.07) is 8.92. The van der Waals surface area contributed by atoms with Crippen LogP contribution in [0.5, 0.6) is 0 Å². The Labute approximate surface area is 108 Å². The highest BCUT2D eigenvalue weighted by Crippen LogP contribution is 2.39. The summed E-state index contributed by atoms with van der Waals surface area (Å²) in [6.07, 6.45) is 5.82. The second-order valence-electron chi connectivity index (χ2n) is 5.73. The molecule has 0 unspecified atom stereocenters. The van der Waals surface area contributed by atoms with Crippen LogP contribution in [0, 0.1) is 0 Å². The highest BCUT2D eigenvalue weighted by molar-refractivity contribution is 5.73. The van der Waals surface area contributed by atoms with E-state index in [4.69, 9.17) is 0 Å². The van der Waals surface area contributed by atoms with Gasteiger partial charge in [-0.3, -0.25) is 0 Å². The third-order valence-corrected chi connectivity index (χ3v) is 4.02. The predicted octanol–water partition coefficient (Wildman–Crippen LogP) is 3.50. The van der Waals surface area contributed by atoms with Crippen molar-refractivity contribution in [3.63, 3.8) is 0 Å². The van der Waals surface area contributed by atoms with E-state index in [1.54, 1.807) is 0 Å². The molecule has 1 N–H and O–H groups in total. The molecule has 96 valence electrons. The van der Waals surface area contributed by atoms with Gasteiger partial charge in [0.15, 0.2) is 0 Å². The average molecular weight is 245 g/mol. The van der Waals surface area contributed by atoms with Crippen molar-refractivity contribution in [3.05, 3.63) is 41.5 Å². The number of benzene rings is 1. The number of halogens is 1. The first-order valence-electron chi connectivity index (χ1n) is 6.86. The molecule has 1 aromatic carbocycles. The summed E-state index contributed by atoms with van der Waals surface area (Å²) in [6.45, 7) is 2.66. The molecule has 0 bridgehead atoms. The van der Waals surface area contributed by atoms with Gasteiger partial charge in [-0.2, -0.15) is 0 Å². The topological polar surface area (TPSA) is 12.0 Å². The number of fused-ring (bicyclic) bond motifs is 1. The van der Waals surface area contributed by atoms with Crippen molar-refractivity contribution >= 4 is 5.57 Å². The first kappa shape index (κ1) is 11.9. The SMILES string of the molecule is C[C@H](CC1=CCc2ccccc21)NCC1(F)CC1. The first-order chi connectivity index (χ1) is 8.66. The number of allylic oxidation sites excluding steroid dienone is 1. The van der Waals surface area contributed by atoms with Gasteiger partial charge < -0.3 is 5.32 Å². The van der Waals surface area contributed by atoms with Crippen molar-refractivity contribution < 1.29 is 4.39 Å². The van der Waals surface area contributed by atoms with Crippen LogP contribution in [0.25, 0.3) is 5.57 Å². The summed E-state index contributed by atoms with van der Waals surface area (Å²) < 4.78 is 13.5. The number of alkyl halides is 1. The minimum absolute atomic E-state index is 0.343. The molecule has 0 saturated heterocycles. The molecule has 18 heavy (non-hydrogen) atoms. The van der Waals surface area contributed by atoms with Crippen LogP contribution >= 0.6 is 0 Å². The van der Waals surface area contributed by atoms with Gasteiger partial charge in [0.05, 0.1) is 0 Å². The lowest BCUT2D eigenvalue weighted by atomic mass is 10.0. The Morgan fingerprint density at radius 3 is 2.89 bits per heavy atom. The number of nitrogens with one attached hydrogen (secondary N) is 1. The van der Waals surface area contributed by atoms with Gasteiger partial charge >= 0.3 is 0 Å². The Kier molecular flexibility index (Phi) is 2.98. The molecule has 1 aromatic rings. The van der Waals surface area contributed by atoms with E-state index in [0.29, 0.717) is 12.6 Å². The molecule has 0 spiro atoms. The Morgan fingerprint density at radius 2 is 2.11 bits per heavy atom. The molecule has 1 atom stereocenters. The summed E-state index contributed by atoms with van der Waals surface area (Å²) in [5.74, 6) is 0. The molecule has 0 heterocycles. The second kappa shape index (κ2) is 4.51. The fourth-order valence-corrected chi connectivity index (χ4v) is 2.62. The fraction of sp³-hybridized carbons (Fsp3) is 0.500. The van der Waals surface area contributed by atoms with Crippen LogP contribution in [0.1, 0.15) is 37.3 Å². The van der Waals surface area contributed by atoms with Gasteiger partial charge in [-0.1, -0.05) is 30.3 Å². The first-order valence-corrected chi connectivity index (χ1v) is 6.86. The zero-order valence-corrected chi connectivity index (χ0v) is 10.9. The lowest BCUT2D eigenvalue weighted by Gasteiger charge is -2.16. The van der Waals surface area contributed by atoms with Crippen LogP contribution in [0.4, 0.5) is 4.39 Å². The van der Waals surface area contributed by atoms with E-state index in [2.05, 4.69) is 42.6 Å². The normalized spacial score (nSPS) is 21.3. The van der Waals surface area contributed by atoms with Crippen LogP contribution in [0.3, 0.4) is 0 Å². The lowest BCUT2D eigenvalue weighted by Crippen LogP contribution is -2.33. The summed E-state index contributed by atoms with van der Waals surface area (Å²) in [7, 11) is 0. The third kappa shape index (κ3) is 2.49. The minimum Gasteiger partial charge on any atom is -0.311 e. The van der Waals surface area contributed by atoms with Crippen molar-refractivity contribution in [2.75, 3.05) is 6.54 Å². The highest BCUT2D eigenvalue weighted by atomic mass is 19.1. The van der Waals surface area contributed by atoms with Crippen LogP contribution in [0.15, 0.2) is 30.3 Å². The van der Waals surface area contributed by atoms with Crippen LogP contribution < -0.4 is 5.32 Å². The number of hydrogen-bond donors (Lipinski definition) is 1. The van der Waals surface area contributed by atoms with Gasteiger partial charge in [-0.15, -0.1) is 0 Å². The largest absolute Gasteiger partial charge is 0.311 e. The van der Waals surface area contributed by atoms with Crippen LogP contribution in [0.2, 0.25) is 0 Å². The van der Waals surface area contributed by atoms with Crippen LogP contribution in [-0.2, 0) is 6.42 Å². The summed E-state index contributed by atoms with van der Waals surface area (Å²) in [4.78, 5) is 0. The molecular weight excluding hydrogens is 225 g/mol. The molecule has 0 radical (unpaired) electrons. The molecule has 3 rings (SSSR count). The molecule has 0 amide bonds. The maximum absolute atomic E-state index is 13.5. The number of hydrogen-bond acceptors (Lipinski definition) is 1. The van der Waals surface area contributed by atoms with Crippen molar-refractivity contribution in [1.29, 1.82) is 0 Å². The van der Waals surface area contributed by atoms with Gasteiger partial charge in [0.2, 0.25) is 0 Å². The van der Waals surface area contributed by atoms with E-state index in [0.717, 1.165) is 25.7 Å². The molecule has 0 aromatic heterocycles. The third-order valence-electron chi connectivity index (χ3n) is 4.02. The Morgan fingerprint density at radius 1 is 1.33 bits per heavy atom. The standard InChI is InChI=1S/C16H20FN/c1-12(18-11-16(17)8-9-16)10-14-7-6-13-4-2-3-5-15(13)14/h2-5,7,12,18H,6,8-11H2,1H3/t12-/m1/s1. The second-order valence-corrected chi connectivity index (χ2v) is 5.73. The van der Waals surface area contributed by atoms with Crippen molar-refractivity contribution in [2.45, 2.75) is 44.3 Å². The monoisotopic (exact) mass is 245 g/mol. The Hall–Kier alpha value is -1.15. The summed E-state index contributed by atoms with van der Waals surface area (Å²) in [5.41, 5.74) is 3.32. The quantitative estimate of drug-likeness (QED) is 0.837. The Bertz CT molecular complexity index is 474. The molecule has 1 saturated carbocycles. The molecule has 1 nitrogen and oxygen atoms in total. The summed E-state index contributed by atoms with van der Waals surface area (Å²) in [5, 5.41) is 3.33. The summed E-state index contributed by atoms with van der Waals surface area (Å²) >= 11 is 0. The van der Waals surface area contributed by atoms with Gasteiger partial charge in [-0.25, -0.2) is 4.39 Å². The molecule has 2 heteroatoms.